The van der Waals surface area contributed by atoms with Crippen molar-refractivity contribution in [2.75, 3.05) is 6.67 Å². The van der Waals surface area contributed by atoms with Crippen molar-refractivity contribution >= 4 is 5.91 Å². The van der Waals surface area contributed by atoms with E-state index in [1.54, 1.807) is 0 Å². The monoisotopic (exact) mass is 238 g/mol. The maximum absolute atomic E-state index is 12.4. The van der Waals surface area contributed by atoms with Gasteiger partial charge >= 0.3 is 0 Å². The fourth-order valence-corrected chi connectivity index (χ4v) is 2.78. The first-order valence-electron chi connectivity index (χ1n) is 7.21. The highest BCUT2D eigenvalue weighted by Crippen LogP contribution is 2.36. The van der Waals surface area contributed by atoms with Crippen molar-refractivity contribution in [2.24, 2.45) is 11.8 Å². The van der Waals surface area contributed by atoms with Gasteiger partial charge in [0, 0.05) is 6.04 Å². The summed E-state index contributed by atoms with van der Waals surface area (Å²) in [5.41, 5.74) is 0. The van der Waals surface area contributed by atoms with Gasteiger partial charge in [-0.2, -0.15) is 0 Å². The largest absolute Gasteiger partial charge is 0.326 e. The van der Waals surface area contributed by atoms with E-state index in [2.05, 4.69) is 31.0 Å². The molecular weight excluding hydrogens is 212 g/mol. The molecule has 1 saturated carbocycles. The van der Waals surface area contributed by atoms with Crippen molar-refractivity contribution in [3.05, 3.63) is 0 Å². The smallest absolute Gasteiger partial charge is 0.241 e. The third-order valence-corrected chi connectivity index (χ3v) is 4.46. The lowest BCUT2D eigenvalue weighted by atomic mass is 9.98. The Kier molecular flexibility index (Phi) is 4.08. The van der Waals surface area contributed by atoms with Crippen molar-refractivity contribution in [3.8, 4) is 0 Å². The summed E-state index contributed by atoms with van der Waals surface area (Å²) in [5, 5.41) is 3.39. The predicted octanol–water partition coefficient (Wildman–Crippen LogP) is 2.37. The number of amides is 1. The lowest BCUT2D eigenvalue weighted by molar-refractivity contribution is -0.132. The van der Waals surface area contributed by atoms with Gasteiger partial charge in [-0.15, -0.1) is 0 Å². The normalized spacial score (nSPS) is 28.5. The van der Waals surface area contributed by atoms with Crippen LogP contribution in [0.5, 0.6) is 0 Å². The molecule has 1 heterocycles. The second-order valence-corrected chi connectivity index (χ2v) is 5.77. The molecule has 2 rings (SSSR count). The number of hydrogen-bond acceptors (Lipinski definition) is 2. The van der Waals surface area contributed by atoms with Gasteiger partial charge in [0.05, 0.1) is 12.7 Å². The lowest BCUT2D eigenvalue weighted by Gasteiger charge is -2.27. The molecule has 17 heavy (non-hydrogen) atoms. The van der Waals surface area contributed by atoms with E-state index in [9.17, 15) is 4.79 Å². The van der Waals surface area contributed by atoms with Gasteiger partial charge in [0.25, 0.3) is 0 Å². The van der Waals surface area contributed by atoms with E-state index in [1.165, 1.54) is 19.3 Å². The Morgan fingerprint density at radius 1 is 1.35 bits per heavy atom. The molecule has 98 valence electrons. The Morgan fingerprint density at radius 3 is 2.59 bits per heavy atom. The third kappa shape index (κ3) is 2.82. The quantitative estimate of drug-likeness (QED) is 0.770. The summed E-state index contributed by atoms with van der Waals surface area (Å²) in [6.07, 6.45) is 6.13. The zero-order chi connectivity index (χ0) is 12.4. The molecule has 3 unspecified atom stereocenters. The van der Waals surface area contributed by atoms with Gasteiger partial charge in [0.1, 0.15) is 0 Å². The number of hydrogen-bond donors (Lipinski definition) is 1. The average Bonchev–Trinajstić information content (AvgIpc) is 3.08. The molecule has 0 bridgehead atoms. The molecule has 0 aromatic carbocycles. The number of carbonyl (C=O) groups is 1. The molecule has 1 aliphatic carbocycles. The van der Waals surface area contributed by atoms with Gasteiger partial charge in [-0.05, 0) is 24.7 Å². The maximum Gasteiger partial charge on any atom is 0.241 e. The Labute approximate surface area is 105 Å². The highest BCUT2D eigenvalue weighted by molar-refractivity contribution is 5.84. The Bertz CT molecular complexity index is 275. The first-order chi connectivity index (χ1) is 8.17. The van der Waals surface area contributed by atoms with E-state index in [0.717, 1.165) is 25.4 Å². The van der Waals surface area contributed by atoms with Crippen molar-refractivity contribution in [2.45, 2.75) is 65.0 Å². The number of carbonyl (C=O) groups excluding carboxylic acids is 1. The second-order valence-electron chi connectivity index (χ2n) is 5.77. The molecule has 0 spiro atoms. The molecule has 1 amide bonds. The van der Waals surface area contributed by atoms with E-state index in [1.807, 2.05) is 0 Å². The summed E-state index contributed by atoms with van der Waals surface area (Å²) in [6.45, 7) is 7.29. The molecule has 1 N–H and O–H groups in total. The minimum Gasteiger partial charge on any atom is -0.326 e. The van der Waals surface area contributed by atoms with Gasteiger partial charge in [-0.1, -0.05) is 40.0 Å². The van der Waals surface area contributed by atoms with Gasteiger partial charge in [-0.3, -0.25) is 10.1 Å². The van der Waals surface area contributed by atoms with E-state index >= 15 is 0 Å². The minimum atomic E-state index is 0.0632. The van der Waals surface area contributed by atoms with E-state index in [0.29, 0.717) is 17.9 Å². The molecule has 1 saturated heterocycles. The van der Waals surface area contributed by atoms with Crippen molar-refractivity contribution in [1.29, 1.82) is 0 Å². The molecule has 2 aliphatic rings. The van der Waals surface area contributed by atoms with E-state index < -0.39 is 0 Å². The van der Waals surface area contributed by atoms with Crippen molar-refractivity contribution in [3.63, 3.8) is 0 Å². The van der Waals surface area contributed by atoms with Crippen molar-refractivity contribution in [1.82, 2.24) is 10.2 Å². The lowest BCUT2D eigenvalue weighted by Crippen LogP contribution is -2.40. The van der Waals surface area contributed by atoms with Crippen LogP contribution in [0.15, 0.2) is 0 Å². The Hall–Kier alpha value is -0.570. The van der Waals surface area contributed by atoms with Crippen LogP contribution in [-0.4, -0.2) is 29.6 Å². The third-order valence-electron chi connectivity index (χ3n) is 4.46. The number of nitrogens with zero attached hydrogens (tertiary/aromatic N) is 1. The van der Waals surface area contributed by atoms with Crippen LogP contribution in [0.4, 0.5) is 0 Å². The standard InChI is InChI=1S/C14H26N2O/c1-4-10(3)13-14(17)16(9-15-13)12(5-2)8-11-6-7-11/h10-13,15H,4-9H2,1-3H3. The van der Waals surface area contributed by atoms with Crippen LogP contribution in [0.3, 0.4) is 0 Å². The zero-order valence-electron chi connectivity index (χ0n) is 11.4. The second kappa shape index (κ2) is 5.38. The van der Waals surface area contributed by atoms with Gasteiger partial charge in [0.15, 0.2) is 0 Å². The summed E-state index contributed by atoms with van der Waals surface area (Å²) < 4.78 is 0. The maximum atomic E-state index is 12.4. The van der Waals surface area contributed by atoms with Crippen LogP contribution in [0.1, 0.15) is 52.9 Å². The highest BCUT2D eigenvalue weighted by atomic mass is 16.2. The van der Waals surface area contributed by atoms with Crippen molar-refractivity contribution < 1.29 is 4.79 Å². The molecule has 0 aromatic heterocycles. The fraction of sp³-hybridized carbons (Fsp3) is 0.929. The van der Waals surface area contributed by atoms with Crippen LogP contribution < -0.4 is 5.32 Å². The molecule has 1 aliphatic heterocycles. The summed E-state index contributed by atoms with van der Waals surface area (Å²) in [4.78, 5) is 14.5. The molecule has 3 atom stereocenters. The fourth-order valence-electron chi connectivity index (χ4n) is 2.78. The predicted molar refractivity (Wildman–Crippen MR) is 69.5 cm³/mol. The van der Waals surface area contributed by atoms with Crippen LogP contribution in [0.2, 0.25) is 0 Å². The summed E-state index contributed by atoms with van der Waals surface area (Å²) in [5.74, 6) is 1.69. The minimum absolute atomic E-state index is 0.0632. The van der Waals surface area contributed by atoms with Gasteiger partial charge < -0.3 is 4.90 Å². The van der Waals surface area contributed by atoms with Gasteiger partial charge in [-0.25, -0.2) is 0 Å². The molecule has 0 aromatic rings. The van der Waals surface area contributed by atoms with Crippen LogP contribution in [0.25, 0.3) is 0 Å². The van der Waals surface area contributed by atoms with Crippen LogP contribution >= 0.6 is 0 Å². The molecule has 2 fully saturated rings. The van der Waals surface area contributed by atoms with E-state index in [4.69, 9.17) is 0 Å². The highest BCUT2D eigenvalue weighted by Gasteiger charge is 2.38. The summed E-state index contributed by atoms with van der Waals surface area (Å²) in [6, 6.07) is 0.532. The zero-order valence-corrected chi connectivity index (χ0v) is 11.4. The number of rotatable bonds is 6. The van der Waals surface area contributed by atoms with E-state index in [-0.39, 0.29) is 6.04 Å². The average molecular weight is 238 g/mol. The molecule has 0 radical (unpaired) electrons. The molecule has 3 nitrogen and oxygen atoms in total. The summed E-state index contributed by atoms with van der Waals surface area (Å²) in [7, 11) is 0. The van der Waals surface area contributed by atoms with Crippen LogP contribution in [-0.2, 0) is 4.79 Å². The Balaban J connectivity index is 1.94. The first-order valence-corrected chi connectivity index (χ1v) is 7.21. The topological polar surface area (TPSA) is 32.3 Å². The molecular formula is C14H26N2O. The first kappa shape index (κ1) is 12.9. The summed E-state index contributed by atoms with van der Waals surface area (Å²) >= 11 is 0. The Morgan fingerprint density at radius 2 is 2.06 bits per heavy atom. The van der Waals surface area contributed by atoms with Gasteiger partial charge in [0.2, 0.25) is 5.91 Å². The SMILES string of the molecule is CCC(C)C1NCN(C(CC)CC2CC2)C1=O. The molecule has 3 heteroatoms. The number of nitrogens with one attached hydrogen (secondary N) is 1. The van der Waals surface area contributed by atoms with Crippen LogP contribution in [0, 0.1) is 11.8 Å².